The molecular formula is C44H31NO. The Morgan fingerprint density at radius 1 is 0.326 bits per heavy atom. The number of benzene rings is 7. The Morgan fingerprint density at radius 3 is 1.41 bits per heavy atom. The molecule has 0 saturated carbocycles. The smallest absolute Gasteiger partial charge is 0.137 e. The molecule has 0 amide bonds. The molecule has 0 saturated heterocycles. The fraction of sp³-hybridized carbons (Fsp3) is 0. The van der Waals surface area contributed by atoms with Crippen LogP contribution in [0, 0.1) is 0 Å². The quantitative estimate of drug-likeness (QED) is 0.172. The van der Waals surface area contributed by atoms with Crippen LogP contribution in [0.1, 0.15) is 22.3 Å². The molecule has 0 fully saturated rings. The van der Waals surface area contributed by atoms with Crippen LogP contribution in [0.5, 0.6) is 0 Å². The van der Waals surface area contributed by atoms with Crippen LogP contribution in [0.15, 0.2) is 192 Å². The van der Waals surface area contributed by atoms with Gasteiger partial charge < -0.3 is 9.32 Å². The zero-order chi connectivity index (χ0) is 30.7. The molecule has 0 bridgehead atoms. The van der Waals surface area contributed by atoms with Crippen LogP contribution in [0.2, 0.25) is 0 Å². The number of furan rings is 1. The third-order valence-electron chi connectivity index (χ3n) is 8.47. The van der Waals surface area contributed by atoms with Crippen molar-refractivity contribution >= 4 is 50.1 Å². The summed E-state index contributed by atoms with van der Waals surface area (Å²) >= 11 is 0. The van der Waals surface area contributed by atoms with E-state index in [0.29, 0.717) is 0 Å². The molecule has 0 N–H and O–H groups in total. The number of anilines is 3. The second kappa shape index (κ2) is 12.1. The van der Waals surface area contributed by atoms with Gasteiger partial charge in [-0.15, -0.1) is 0 Å². The van der Waals surface area contributed by atoms with E-state index in [1.165, 1.54) is 22.3 Å². The predicted octanol–water partition coefficient (Wildman–Crippen LogP) is 12.1. The second-order valence-electron chi connectivity index (χ2n) is 11.3. The highest BCUT2D eigenvalue weighted by molar-refractivity contribution is 6.07. The summed E-state index contributed by atoms with van der Waals surface area (Å²) < 4.78 is 6.33. The Kier molecular flexibility index (Phi) is 7.22. The first-order valence-electron chi connectivity index (χ1n) is 15.6. The molecule has 0 aliphatic rings. The summed E-state index contributed by atoms with van der Waals surface area (Å²) in [5.41, 5.74) is 12.0. The molecule has 8 rings (SSSR count). The molecule has 0 aliphatic heterocycles. The van der Waals surface area contributed by atoms with Crippen LogP contribution in [-0.4, -0.2) is 0 Å². The first-order chi connectivity index (χ1) is 22.8. The standard InChI is InChI=1S/C44H31NO/c1-5-16-32(17-6-1)43(33-18-7-2-8-19-33)44(34-20-9-3-10-21-34)35-22-15-25-37(30-35)45(36-23-11-4-12-24-36)38-28-29-40-39-26-13-14-27-41(39)46-42(40)31-38/h1-31H. The van der Waals surface area contributed by atoms with Gasteiger partial charge in [-0.05, 0) is 75.9 Å². The minimum absolute atomic E-state index is 0.871. The Morgan fingerprint density at radius 2 is 0.783 bits per heavy atom. The molecule has 46 heavy (non-hydrogen) atoms. The average Bonchev–Trinajstić information content (AvgIpc) is 3.50. The Hall–Kier alpha value is -6.12. The maximum atomic E-state index is 6.33. The lowest BCUT2D eigenvalue weighted by Crippen LogP contribution is -2.10. The zero-order valence-corrected chi connectivity index (χ0v) is 25.3. The molecule has 1 heterocycles. The van der Waals surface area contributed by atoms with Crippen LogP contribution in [0.3, 0.4) is 0 Å². The van der Waals surface area contributed by atoms with E-state index in [9.17, 15) is 0 Å². The van der Waals surface area contributed by atoms with Crippen LogP contribution in [-0.2, 0) is 0 Å². The van der Waals surface area contributed by atoms with Gasteiger partial charge in [-0.1, -0.05) is 140 Å². The van der Waals surface area contributed by atoms with Gasteiger partial charge >= 0.3 is 0 Å². The molecule has 2 nitrogen and oxygen atoms in total. The normalized spacial score (nSPS) is 11.0. The Bertz CT molecular complexity index is 2240. The van der Waals surface area contributed by atoms with Gasteiger partial charge in [0, 0.05) is 33.9 Å². The van der Waals surface area contributed by atoms with Crippen molar-refractivity contribution < 1.29 is 4.42 Å². The van der Waals surface area contributed by atoms with Gasteiger partial charge in [-0.25, -0.2) is 0 Å². The van der Waals surface area contributed by atoms with Gasteiger partial charge in [0.1, 0.15) is 11.2 Å². The fourth-order valence-corrected chi connectivity index (χ4v) is 6.40. The van der Waals surface area contributed by atoms with Crippen LogP contribution < -0.4 is 4.90 Å². The molecular weight excluding hydrogens is 558 g/mol. The zero-order valence-electron chi connectivity index (χ0n) is 25.3. The lowest BCUT2D eigenvalue weighted by molar-refractivity contribution is 0.669. The molecule has 7 aromatic carbocycles. The third-order valence-corrected chi connectivity index (χ3v) is 8.47. The Balaban J connectivity index is 1.36. The van der Waals surface area contributed by atoms with Crippen molar-refractivity contribution in [2.24, 2.45) is 0 Å². The van der Waals surface area contributed by atoms with E-state index < -0.39 is 0 Å². The molecule has 8 aromatic rings. The topological polar surface area (TPSA) is 16.4 Å². The number of fused-ring (bicyclic) bond motifs is 3. The number of para-hydroxylation sites is 2. The Labute approximate surface area is 269 Å². The predicted molar refractivity (Wildman–Crippen MR) is 193 cm³/mol. The molecule has 218 valence electrons. The summed E-state index contributed by atoms with van der Waals surface area (Å²) in [4.78, 5) is 2.31. The van der Waals surface area contributed by atoms with E-state index in [-0.39, 0.29) is 0 Å². The maximum absolute atomic E-state index is 6.33. The minimum atomic E-state index is 0.871. The SMILES string of the molecule is c1ccc(C(=C(c2ccccc2)c2cccc(N(c3ccccc3)c3ccc4c(c3)oc3ccccc34)c2)c2ccccc2)cc1. The lowest BCUT2D eigenvalue weighted by Gasteiger charge is -2.26. The van der Waals surface area contributed by atoms with E-state index in [4.69, 9.17) is 4.42 Å². The van der Waals surface area contributed by atoms with Crippen LogP contribution in [0.4, 0.5) is 17.1 Å². The summed E-state index contributed by atoms with van der Waals surface area (Å²) in [5, 5.41) is 2.25. The van der Waals surface area contributed by atoms with E-state index in [1.54, 1.807) is 0 Å². The molecule has 0 atom stereocenters. The summed E-state index contributed by atoms with van der Waals surface area (Å²) in [6.45, 7) is 0. The largest absolute Gasteiger partial charge is 0.456 e. The van der Waals surface area contributed by atoms with Crippen LogP contribution in [0.25, 0.3) is 33.1 Å². The van der Waals surface area contributed by atoms with Crippen molar-refractivity contribution in [1.29, 1.82) is 0 Å². The average molecular weight is 590 g/mol. The van der Waals surface area contributed by atoms with Crippen molar-refractivity contribution in [3.8, 4) is 0 Å². The van der Waals surface area contributed by atoms with Crippen molar-refractivity contribution in [2.45, 2.75) is 0 Å². The summed E-state index contributed by atoms with van der Waals surface area (Å²) in [6.07, 6.45) is 0. The number of nitrogens with zero attached hydrogens (tertiary/aromatic N) is 1. The number of hydrogen-bond acceptors (Lipinski definition) is 2. The summed E-state index contributed by atoms with van der Waals surface area (Å²) in [7, 11) is 0. The van der Waals surface area contributed by atoms with Crippen molar-refractivity contribution in [3.63, 3.8) is 0 Å². The highest BCUT2D eigenvalue weighted by atomic mass is 16.3. The molecule has 0 unspecified atom stereocenters. The summed E-state index contributed by atoms with van der Waals surface area (Å²) in [6, 6.07) is 66.3. The highest BCUT2D eigenvalue weighted by Crippen LogP contribution is 2.42. The number of rotatable bonds is 7. The minimum Gasteiger partial charge on any atom is -0.456 e. The lowest BCUT2D eigenvalue weighted by atomic mass is 9.85. The second-order valence-corrected chi connectivity index (χ2v) is 11.3. The monoisotopic (exact) mass is 589 g/mol. The maximum Gasteiger partial charge on any atom is 0.137 e. The third kappa shape index (κ3) is 5.16. The molecule has 0 spiro atoms. The van der Waals surface area contributed by atoms with Gasteiger partial charge in [0.2, 0.25) is 0 Å². The van der Waals surface area contributed by atoms with Gasteiger partial charge in [0.25, 0.3) is 0 Å². The first kappa shape index (κ1) is 27.4. The van der Waals surface area contributed by atoms with Gasteiger partial charge in [0.05, 0.1) is 0 Å². The van der Waals surface area contributed by atoms with Crippen LogP contribution >= 0.6 is 0 Å². The first-order valence-corrected chi connectivity index (χ1v) is 15.6. The molecule has 0 radical (unpaired) electrons. The summed E-state index contributed by atoms with van der Waals surface area (Å²) in [5.74, 6) is 0. The van der Waals surface area contributed by atoms with E-state index in [2.05, 4.69) is 181 Å². The van der Waals surface area contributed by atoms with E-state index >= 15 is 0 Å². The van der Waals surface area contributed by atoms with E-state index in [1.807, 2.05) is 12.1 Å². The molecule has 2 heteroatoms. The van der Waals surface area contributed by atoms with Crippen molar-refractivity contribution in [3.05, 3.63) is 210 Å². The fourth-order valence-electron chi connectivity index (χ4n) is 6.40. The van der Waals surface area contributed by atoms with Gasteiger partial charge in [-0.3, -0.25) is 0 Å². The van der Waals surface area contributed by atoms with E-state index in [0.717, 1.165) is 50.1 Å². The van der Waals surface area contributed by atoms with Crippen molar-refractivity contribution in [2.75, 3.05) is 4.90 Å². The van der Waals surface area contributed by atoms with Crippen molar-refractivity contribution in [1.82, 2.24) is 0 Å². The van der Waals surface area contributed by atoms with Gasteiger partial charge in [-0.2, -0.15) is 0 Å². The number of hydrogen-bond donors (Lipinski definition) is 0. The molecule has 1 aromatic heterocycles. The highest BCUT2D eigenvalue weighted by Gasteiger charge is 2.19. The van der Waals surface area contributed by atoms with Gasteiger partial charge in [0.15, 0.2) is 0 Å². The molecule has 0 aliphatic carbocycles.